The molecule has 27 nitrogen and oxygen atoms in total. The molecule has 0 amide bonds. The third-order valence-electron chi connectivity index (χ3n) is 17.2. The van der Waals surface area contributed by atoms with Gasteiger partial charge in [-0.1, -0.05) is 35.7 Å². The van der Waals surface area contributed by atoms with Crippen molar-refractivity contribution >= 4 is 58.6 Å². The Morgan fingerprint density at radius 2 is 1.72 bits per heavy atom. The second-order valence-corrected chi connectivity index (χ2v) is 23.1. The number of aliphatic imine (C=N–C) groups is 1. The summed E-state index contributed by atoms with van der Waals surface area (Å²) >= 11 is 0. The molecule has 14 atom stereocenters. The largest absolute Gasteiger partial charge is 0.508 e. The number of fused-ring (bicyclic) bond motifs is 3. The number of piperidine rings is 1. The van der Waals surface area contributed by atoms with E-state index in [2.05, 4.69) is 25.9 Å². The maximum Gasteiger partial charge on any atom is 0.337 e. The summed E-state index contributed by atoms with van der Waals surface area (Å²) in [7, 11) is 0. The highest BCUT2D eigenvalue weighted by molar-refractivity contribution is 5.99. The van der Waals surface area contributed by atoms with Crippen LogP contribution >= 0.6 is 0 Å². The van der Waals surface area contributed by atoms with Crippen LogP contribution in [0, 0.1) is 25.7 Å². The van der Waals surface area contributed by atoms with Crippen molar-refractivity contribution in [1.82, 2.24) is 25.7 Å². The Hall–Kier alpha value is -8.09. The molecule has 3 fully saturated rings. The third-order valence-corrected chi connectivity index (χ3v) is 17.2. The van der Waals surface area contributed by atoms with E-state index in [1.54, 1.807) is 12.3 Å². The summed E-state index contributed by atoms with van der Waals surface area (Å²) in [5.41, 5.74) is -0.741. The quantitative estimate of drug-likeness (QED) is 0.00643. The number of hydrogen-bond donors (Lipinski definition) is 14. The first-order valence-corrected chi connectivity index (χ1v) is 29.3. The van der Waals surface area contributed by atoms with E-state index < -0.39 is 122 Å². The van der Waals surface area contributed by atoms with Crippen LogP contribution < -0.4 is 36.7 Å². The van der Waals surface area contributed by atoms with Crippen molar-refractivity contribution in [3.63, 3.8) is 0 Å². The summed E-state index contributed by atoms with van der Waals surface area (Å²) in [6, 6.07) is 11.9. The van der Waals surface area contributed by atoms with Gasteiger partial charge in [0.1, 0.15) is 60.5 Å². The summed E-state index contributed by atoms with van der Waals surface area (Å²) in [5, 5.41) is 114. The number of aromatic hydroxyl groups is 1. The monoisotopic (exact) mass is 1240 g/mol. The normalized spacial score (nSPS) is 25.8. The summed E-state index contributed by atoms with van der Waals surface area (Å²) in [4.78, 5) is 92.1. The van der Waals surface area contributed by atoms with Gasteiger partial charge >= 0.3 is 11.9 Å². The molecule has 5 heterocycles. The number of aliphatic hydroxyl groups excluding tert-OH is 5. The standard InChI is InChI=1S/C62H75N7O20/c1-33-24-34(2)26-38(25-33)52-50-37(17-20-65-50)28-69(52)89-54-57(86-40-14-15-42-47(27-40)85-30-43(53(42)79)35-9-12-39(76)13-10-35)87-58(60(83,31-74)62(54,84)48(78)8-4-21-70)61(32-75,88-56(82)51(55(80)81)64-19-5-22-71)68-59(63)67-45(29-73)44-16-11-36-6-3-7-41(49(36)66-44)46(77)18-23-72/h9-10,12-15,17,20,22-30,36,41,44-46,48-49,51,54,57-58,64-66,70,74-78,83-84H,3-8,11,16,18-19,21,31-32H2,1-2H3,(H,80,81)(H3,63,67,68). The predicted octanol–water partition coefficient (Wildman–Crippen LogP) is 0.743. The zero-order valence-corrected chi connectivity index (χ0v) is 48.8. The van der Waals surface area contributed by atoms with Gasteiger partial charge in [0.25, 0.3) is 0 Å². The fourth-order valence-corrected chi connectivity index (χ4v) is 13.0. The summed E-state index contributed by atoms with van der Waals surface area (Å²) in [6.45, 7) is -0.676. The summed E-state index contributed by atoms with van der Waals surface area (Å²) < 4.78 is 26.4. The van der Waals surface area contributed by atoms with Gasteiger partial charge in [0.2, 0.25) is 24.2 Å². The molecule has 1 saturated carbocycles. The SMILES string of the molecule is Cc1cc(C)cc(-c2c3[nH]ccc3cn2OC2C(Oc3ccc4c(=O)c(-c5ccc(O)cc5)coc4c3)OC(C(CO)(NC(N)=NC(C=O)C3CCC4CCCC(C(O)CC=O)C4N3)OC(=O)C(NCCC=O)C(=O)O)C(O)(CO)C2(O)C(O)CCCO)c1. The number of aryl methyl sites for hydroxylation is 2. The molecule has 0 radical (unpaired) electrons. The van der Waals surface area contributed by atoms with Crippen LogP contribution in [0.1, 0.15) is 68.9 Å². The molecule has 1 aliphatic carbocycles. The number of carboxylic acids is 1. The van der Waals surface area contributed by atoms with Crippen LogP contribution in [0.5, 0.6) is 11.5 Å². The number of ether oxygens (including phenoxy) is 3. The van der Waals surface area contributed by atoms with E-state index in [0.29, 0.717) is 65.8 Å². The summed E-state index contributed by atoms with van der Waals surface area (Å²) in [6.07, 6.45) is -3.23. The van der Waals surface area contributed by atoms with Crippen LogP contribution in [0.2, 0.25) is 0 Å². The molecule has 2 saturated heterocycles. The van der Waals surface area contributed by atoms with Gasteiger partial charge in [-0.05, 0) is 106 Å². The lowest BCUT2D eigenvalue weighted by Crippen LogP contribution is -2.86. The number of aromatic nitrogens is 2. The molecular weight excluding hydrogens is 1160 g/mol. The molecule has 478 valence electrons. The fourth-order valence-electron chi connectivity index (χ4n) is 13.0. The number of nitrogens with two attached hydrogens (primary N) is 1. The lowest BCUT2D eigenvalue weighted by molar-refractivity contribution is -0.400. The minimum absolute atomic E-state index is 0.0232. The van der Waals surface area contributed by atoms with E-state index in [0.717, 1.165) is 24.0 Å². The molecule has 3 aliphatic rings. The maximum atomic E-state index is 14.6. The average molecular weight is 1240 g/mol. The van der Waals surface area contributed by atoms with Gasteiger partial charge in [0, 0.05) is 67.2 Å². The van der Waals surface area contributed by atoms with E-state index in [9.17, 15) is 74.7 Å². The minimum atomic E-state index is -3.57. The van der Waals surface area contributed by atoms with Crippen LogP contribution in [0.4, 0.5) is 0 Å². The van der Waals surface area contributed by atoms with Gasteiger partial charge in [0.15, 0.2) is 28.7 Å². The lowest BCUT2D eigenvalue weighted by atomic mass is 9.66. The number of benzene rings is 3. The maximum absolute atomic E-state index is 14.6. The number of aromatic amines is 1. The molecule has 0 spiro atoms. The van der Waals surface area contributed by atoms with Gasteiger partial charge in [-0.25, -0.2) is 14.6 Å². The number of nitrogens with one attached hydrogen (secondary N) is 4. The number of H-pyrrole nitrogens is 1. The van der Waals surface area contributed by atoms with Crippen molar-refractivity contribution in [1.29, 1.82) is 0 Å². The molecule has 27 heteroatoms. The second kappa shape index (κ2) is 27.7. The highest BCUT2D eigenvalue weighted by Crippen LogP contribution is 2.48. The third kappa shape index (κ3) is 13.2. The van der Waals surface area contributed by atoms with Crippen LogP contribution in [-0.2, 0) is 33.4 Å². The lowest BCUT2D eigenvalue weighted by Gasteiger charge is -2.59. The molecule has 6 aromatic rings. The van der Waals surface area contributed by atoms with E-state index in [1.165, 1.54) is 59.7 Å². The molecule has 89 heavy (non-hydrogen) atoms. The van der Waals surface area contributed by atoms with Gasteiger partial charge < -0.3 is 105 Å². The van der Waals surface area contributed by atoms with E-state index in [4.69, 9.17) is 29.2 Å². The Balaban J connectivity index is 1.22. The van der Waals surface area contributed by atoms with Crippen LogP contribution in [0.3, 0.4) is 0 Å². The van der Waals surface area contributed by atoms with Crippen molar-refractivity contribution in [2.24, 2.45) is 22.6 Å². The number of nitrogens with zero attached hydrogens (tertiary/aromatic N) is 2. The number of carboxylic acid groups (broad SMARTS) is 1. The molecule has 9 rings (SSSR count). The molecular formula is C62H75N7O20. The first-order valence-electron chi connectivity index (χ1n) is 29.3. The molecule has 14 unspecified atom stereocenters. The van der Waals surface area contributed by atoms with Gasteiger partial charge in [-0.2, -0.15) is 4.73 Å². The number of aldehydes is 3. The van der Waals surface area contributed by atoms with Crippen molar-refractivity contribution in [3.05, 3.63) is 107 Å². The van der Waals surface area contributed by atoms with Crippen LogP contribution in [0.15, 0.2) is 99.6 Å². The number of aliphatic hydroxyl groups is 7. The topological polar surface area (TPSA) is 430 Å². The number of aliphatic carboxylic acids is 1. The van der Waals surface area contributed by atoms with Crippen molar-refractivity contribution in [2.75, 3.05) is 26.4 Å². The smallest absolute Gasteiger partial charge is 0.337 e. The fraction of sp³-hybridized carbons (Fsp3) is 0.468. The number of carbonyl (C=O) groups is 5. The highest BCUT2D eigenvalue weighted by Gasteiger charge is 2.75. The van der Waals surface area contributed by atoms with Gasteiger partial charge in [0.05, 0.1) is 41.5 Å². The molecule has 3 aromatic carbocycles. The number of guanidine groups is 1. The zero-order chi connectivity index (χ0) is 64.0. The number of rotatable bonds is 27. The number of hydrogen-bond acceptors (Lipinski definition) is 22. The van der Waals surface area contributed by atoms with Gasteiger partial charge in [-0.3, -0.25) is 10.1 Å². The van der Waals surface area contributed by atoms with Crippen molar-refractivity contribution in [3.8, 4) is 33.9 Å². The minimum Gasteiger partial charge on any atom is -0.508 e. The van der Waals surface area contributed by atoms with E-state index >= 15 is 0 Å². The number of phenolic OH excluding ortho intramolecular Hbond substituents is 1. The molecule has 0 bridgehead atoms. The van der Waals surface area contributed by atoms with Crippen molar-refractivity contribution < 1.29 is 93.4 Å². The molecule has 3 aromatic heterocycles. The van der Waals surface area contributed by atoms with Crippen LogP contribution in [-0.4, -0.2) is 191 Å². The Bertz CT molecular complexity index is 3570. The average Bonchev–Trinajstić information content (AvgIpc) is 1.04. The first-order chi connectivity index (χ1) is 42.7. The molecule has 2 aliphatic heterocycles. The number of esters is 1. The van der Waals surface area contributed by atoms with Crippen LogP contribution in [0.25, 0.3) is 44.3 Å². The Kier molecular flexibility index (Phi) is 20.4. The Morgan fingerprint density at radius 1 is 0.966 bits per heavy atom. The molecule has 15 N–H and O–H groups in total. The Labute approximate surface area is 509 Å². The number of carbonyl (C=O) groups excluding carboxylic acids is 4. The predicted molar refractivity (Wildman–Crippen MR) is 318 cm³/mol. The Morgan fingerprint density at radius 3 is 2.39 bits per heavy atom. The van der Waals surface area contributed by atoms with E-state index in [-0.39, 0.29) is 65.2 Å². The van der Waals surface area contributed by atoms with Gasteiger partial charge in [-0.15, -0.1) is 0 Å². The first kappa shape index (κ1) is 65.4. The zero-order valence-electron chi connectivity index (χ0n) is 48.8. The number of phenols is 1. The summed E-state index contributed by atoms with van der Waals surface area (Å²) in [5.74, 6) is -5.14. The second-order valence-electron chi connectivity index (χ2n) is 23.1. The van der Waals surface area contributed by atoms with Crippen molar-refractivity contribution in [2.45, 2.75) is 143 Å². The van der Waals surface area contributed by atoms with E-state index in [1.807, 2.05) is 32.0 Å². The highest BCUT2D eigenvalue weighted by atomic mass is 16.8.